The Kier molecular flexibility index (Phi) is 5.25. The van der Waals surface area contributed by atoms with Crippen LogP contribution in [-0.2, 0) is 11.3 Å². The molecule has 1 aliphatic rings. The predicted octanol–water partition coefficient (Wildman–Crippen LogP) is 0.953. The second-order valence-electron chi connectivity index (χ2n) is 3.92. The van der Waals surface area contributed by atoms with Gasteiger partial charge in [0.1, 0.15) is 5.75 Å². The normalized spacial score (nSPS) is 14.4. The summed E-state index contributed by atoms with van der Waals surface area (Å²) in [6, 6.07) is 7.72. The maximum atomic E-state index is 11.6. The van der Waals surface area contributed by atoms with Gasteiger partial charge in [-0.1, -0.05) is 12.1 Å². The van der Waals surface area contributed by atoms with Gasteiger partial charge in [-0.25, -0.2) is 0 Å². The highest BCUT2D eigenvalue weighted by atomic mass is 35.5. The van der Waals surface area contributed by atoms with Crippen molar-refractivity contribution in [3.63, 3.8) is 0 Å². The van der Waals surface area contributed by atoms with Crippen molar-refractivity contribution in [3.8, 4) is 5.75 Å². The molecule has 1 amide bonds. The van der Waals surface area contributed by atoms with E-state index in [1.165, 1.54) is 0 Å². The zero-order valence-electron chi connectivity index (χ0n) is 9.73. The van der Waals surface area contributed by atoms with Crippen molar-refractivity contribution in [2.24, 2.45) is 5.92 Å². The number of carbonyl (C=O) groups is 1. The number of halogens is 1. The maximum Gasteiger partial charge on any atom is 0.225 e. The molecular weight excluding hydrogens is 240 g/mol. The quantitative estimate of drug-likeness (QED) is 0.844. The molecule has 0 radical (unpaired) electrons. The van der Waals surface area contributed by atoms with Crippen molar-refractivity contribution >= 4 is 18.3 Å². The Labute approximate surface area is 107 Å². The van der Waals surface area contributed by atoms with Crippen LogP contribution in [0.3, 0.4) is 0 Å². The van der Waals surface area contributed by atoms with Crippen LogP contribution in [-0.4, -0.2) is 26.1 Å². The maximum absolute atomic E-state index is 11.6. The van der Waals surface area contributed by atoms with Crippen LogP contribution in [0.1, 0.15) is 5.56 Å². The van der Waals surface area contributed by atoms with E-state index in [2.05, 4.69) is 10.6 Å². The van der Waals surface area contributed by atoms with E-state index >= 15 is 0 Å². The third-order valence-corrected chi connectivity index (χ3v) is 2.75. The summed E-state index contributed by atoms with van der Waals surface area (Å²) in [6.45, 7) is 2.15. The summed E-state index contributed by atoms with van der Waals surface area (Å²) in [4.78, 5) is 11.6. The molecule has 0 aromatic heterocycles. The standard InChI is InChI=1S/C12H16N2O2.ClH/c1-16-11-4-2-3-9(5-11)6-14-12(15)10-7-13-8-10;/h2-5,10,13H,6-8H2,1H3,(H,14,15);1H. The molecular formula is C12H17ClN2O2. The topological polar surface area (TPSA) is 50.4 Å². The summed E-state index contributed by atoms with van der Waals surface area (Å²) in [7, 11) is 1.64. The molecule has 0 bridgehead atoms. The zero-order valence-corrected chi connectivity index (χ0v) is 10.5. The lowest BCUT2D eigenvalue weighted by Gasteiger charge is -2.25. The molecule has 4 nitrogen and oxygen atoms in total. The number of benzene rings is 1. The summed E-state index contributed by atoms with van der Waals surface area (Å²) in [5, 5.41) is 6.00. The Morgan fingerprint density at radius 2 is 2.29 bits per heavy atom. The van der Waals surface area contributed by atoms with Crippen LogP contribution in [0.4, 0.5) is 0 Å². The fourth-order valence-corrected chi connectivity index (χ4v) is 1.59. The second-order valence-corrected chi connectivity index (χ2v) is 3.92. The fraction of sp³-hybridized carbons (Fsp3) is 0.417. The average Bonchev–Trinajstić information content (AvgIpc) is 2.24. The van der Waals surface area contributed by atoms with Gasteiger partial charge in [0.2, 0.25) is 5.91 Å². The highest BCUT2D eigenvalue weighted by molar-refractivity contribution is 5.85. The van der Waals surface area contributed by atoms with Gasteiger partial charge in [0.05, 0.1) is 13.0 Å². The van der Waals surface area contributed by atoms with Crippen LogP contribution in [0.25, 0.3) is 0 Å². The monoisotopic (exact) mass is 256 g/mol. The van der Waals surface area contributed by atoms with E-state index in [9.17, 15) is 4.79 Å². The molecule has 1 aromatic rings. The third kappa shape index (κ3) is 3.61. The highest BCUT2D eigenvalue weighted by Gasteiger charge is 2.24. The number of hydrogen-bond acceptors (Lipinski definition) is 3. The van der Waals surface area contributed by atoms with E-state index in [1.54, 1.807) is 7.11 Å². The van der Waals surface area contributed by atoms with Gasteiger partial charge in [-0.05, 0) is 17.7 Å². The highest BCUT2D eigenvalue weighted by Crippen LogP contribution is 2.12. The van der Waals surface area contributed by atoms with E-state index in [0.717, 1.165) is 24.4 Å². The molecule has 2 rings (SSSR count). The SMILES string of the molecule is COc1cccc(CNC(=O)C2CNC2)c1.Cl. The average molecular weight is 257 g/mol. The van der Waals surface area contributed by atoms with Gasteiger partial charge in [-0.3, -0.25) is 4.79 Å². The van der Waals surface area contributed by atoms with Crippen molar-refractivity contribution in [2.45, 2.75) is 6.54 Å². The van der Waals surface area contributed by atoms with Crippen LogP contribution >= 0.6 is 12.4 Å². The fourth-order valence-electron chi connectivity index (χ4n) is 1.59. The molecule has 94 valence electrons. The lowest BCUT2D eigenvalue weighted by atomic mass is 10.0. The molecule has 1 heterocycles. The van der Waals surface area contributed by atoms with Crippen molar-refractivity contribution < 1.29 is 9.53 Å². The molecule has 0 atom stereocenters. The first-order chi connectivity index (χ1) is 7.79. The summed E-state index contributed by atoms with van der Waals surface area (Å²) >= 11 is 0. The van der Waals surface area contributed by atoms with E-state index in [-0.39, 0.29) is 24.2 Å². The Morgan fingerprint density at radius 3 is 2.88 bits per heavy atom. The van der Waals surface area contributed by atoms with E-state index in [0.29, 0.717) is 6.54 Å². The third-order valence-electron chi connectivity index (χ3n) is 2.75. The van der Waals surface area contributed by atoms with Crippen molar-refractivity contribution in [1.82, 2.24) is 10.6 Å². The molecule has 2 N–H and O–H groups in total. The van der Waals surface area contributed by atoms with Crippen LogP contribution in [0, 0.1) is 5.92 Å². The molecule has 5 heteroatoms. The summed E-state index contributed by atoms with van der Waals surface area (Å²) in [6.07, 6.45) is 0. The first-order valence-electron chi connectivity index (χ1n) is 5.41. The Morgan fingerprint density at radius 1 is 1.53 bits per heavy atom. The number of ether oxygens (including phenoxy) is 1. The van der Waals surface area contributed by atoms with Crippen LogP contribution in [0.2, 0.25) is 0 Å². The lowest BCUT2D eigenvalue weighted by molar-refractivity contribution is -0.126. The number of hydrogen-bond donors (Lipinski definition) is 2. The number of rotatable bonds is 4. The van der Waals surface area contributed by atoms with Gasteiger partial charge >= 0.3 is 0 Å². The molecule has 1 aromatic carbocycles. The summed E-state index contributed by atoms with van der Waals surface area (Å²) in [5.74, 6) is 1.09. The van der Waals surface area contributed by atoms with Gasteiger partial charge < -0.3 is 15.4 Å². The van der Waals surface area contributed by atoms with Crippen LogP contribution < -0.4 is 15.4 Å². The van der Waals surface area contributed by atoms with Crippen LogP contribution in [0.15, 0.2) is 24.3 Å². The van der Waals surface area contributed by atoms with Crippen molar-refractivity contribution in [3.05, 3.63) is 29.8 Å². The molecule has 17 heavy (non-hydrogen) atoms. The number of methoxy groups -OCH3 is 1. The smallest absolute Gasteiger partial charge is 0.225 e. The minimum absolute atomic E-state index is 0. The Bertz CT molecular complexity index is 381. The van der Waals surface area contributed by atoms with E-state index in [1.807, 2.05) is 24.3 Å². The van der Waals surface area contributed by atoms with Gasteiger partial charge in [-0.2, -0.15) is 0 Å². The lowest BCUT2D eigenvalue weighted by Crippen LogP contribution is -2.50. The number of amides is 1. The molecule has 1 aliphatic heterocycles. The van der Waals surface area contributed by atoms with E-state index in [4.69, 9.17) is 4.74 Å². The molecule has 1 fully saturated rings. The Balaban J connectivity index is 0.00000144. The largest absolute Gasteiger partial charge is 0.497 e. The number of nitrogens with one attached hydrogen (secondary N) is 2. The second kappa shape index (κ2) is 6.47. The molecule has 0 spiro atoms. The van der Waals surface area contributed by atoms with Crippen LogP contribution in [0.5, 0.6) is 5.75 Å². The van der Waals surface area contributed by atoms with Gasteiger partial charge in [0.15, 0.2) is 0 Å². The Hall–Kier alpha value is -1.26. The molecule has 0 aliphatic carbocycles. The van der Waals surface area contributed by atoms with Gasteiger partial charge in [-0.15, -0.1) is 12.4 Å². The first kappa shape index (κ1) is 13.8. The molecule has 0 saturated carbocycles. The van der Waals surface area contributed by atoms with Gasteiger partial charge in [0, 0.05) is 19.6 Å². The van der Waals surface area contributed by atoms with Gasteiger partial charge in [0.25, 0.3) is 0 Å². The number of carbonyl (C=O) groups excluding carboxylic acids is 1. The van der Waals surface area contributed by atoms with E-state index < -0.39 is 0 Å². The summed E-state index contributed by atoms with van der Waals surface area (Å²) in [5.41, 5.74) is 1.06. The van der Waals surface area contributed by atoms with Crippen molar-refractivity contribution in [1.29, 1.82) is 0 Å². The minimum atomic E-state index is 0. The molecule has 1 saturated heterocycles. The first-order valence-corrected chi connectivity index (χ1v) is 5.41. The predicted molar refractivity (Wildman–Crippen MR) is 68.4 cm³/mol. The van der Waals surface area contributed by atoms with Crippen molar-refractivity contribution in [2.75, 3.05) is 20.2 Å². The zero-order chi connectivity index (χ0) is 11.4. The minimum Gasteiger partial charge on any atom is -0.497 e. The summed E-state index contributed by atoms with van der Waals surface area (Å²) < 4.78 is 5.12. The molecule has 0 unspecified atom stereocenters.